The van der Waals surface area contributed by atoms with Gasteiger partial charge in [0.1, 0.15) is 10.7 Å². The first-order chi connectivity index (χ1) is 12.0. The van der Waals surface area contributed by atoms with Crippen LogP contribution in [0.15, 0.2) is 41.6 Å². The van der Waals surface area contributed by atoms with Crippen LogP contribution in [0.1, 0.15) is 36.8 Å². The molecule has 0 amide bonds. The smallest absolute Gasteiger partial charge is 0.243 e. The SMILES string of the molecule is O=S(=O)(N[C@@H]1C[C@H]1c1ccc(F)cc1)c1cnn(C2CCOCC2)c1. The highest BCUT2D eigenvalue weighted by Crippen LogP contribution is 2.41. The van der Waals surface area contributed by atoms with Crippen molar-refractivity contribution in [3.05, 3.63) is 48.0 Å². The minimum absolute atomic E-state index is 0.0981. The van der Waals surface area contributed by atoms with E-state index in [-0.39, 0.29) is 28.7 Å². The molecular formula is C17H20FN3O3S. The highest BCUT2D eigenvalue weighted by molar-refractivity contribution is 7.89. The van der Waals surface area contributed by atoms with Crippen molar-refractivity contribution in [1.29, 1.82) is 0 Å². The van der Waals surface area contributed by atoms with Crippen molar-refractivity contribution in [2.45, 2.75) is 42.2 Å². The molecule has 2 atom stereocenters. The minimum atomic E-state index is -3.60. The lowest BCUT2D eigenvalue weighted by Gasteiger charge is -2.22. The molecule has 1 saturated carbocycles. The van der Waals surface area contributed by atoms with Gasteiger partial charge in [-0.15, -0.1) is 0 Å². The Balaban J connectivity index is 1.42. The molecule has 0 spiro atoms. The summed E-state index contributed by atoms with van der Waals surface area (Å²) in [4.78, 5) is 0.184. The van der Waals surface area contributed by atoms with Gasteiger partial charge in [0.25, 0.3) is 0 Å². The fourth-order valence-corrected chi connectivity index (χ4v) is 4.51. The molecule has 2 fully saturated rings. The molecule has 1 N–H and O–H groups in total. The van der Waals surface area contributed by atoms with Crippen LogP contribution in [-0.4, -0.2) is 37.5 Å². The Kier molecular flexibility index (Phi) is 4.35. The summed E-state index contributed by atoms with van der Waals surface area (Å²) in [6.07, 6.45) is 5.38. The number of nitrogens with zero attached hydrogens (tertiary/aromatic N) is 2. The third-order valence-corrected chi connectivity index (χ3v) is 6.29. The summed E-state index contributed by atoms with van der Waals surface area (Å²) in [5, 5.41) is 4.22. The van der Waals surface area contributed by atoms with Crippen LogP contribution in [0.3, 0.4) is 0 Å². The maximum absolute atomic E-state index is 13.0. The Morgan fingerprint density at radius 3 is 2.64 bits per heavy atom. The summed E-state index contributed by atoms with van der Waals surface area (Å²) in [6.45, 7) is 1.35. The van der Waals surface area contributed by atoms with Gasteiger partial charge in [0.15, 0.2) is 0 Å². The van der Waals surface area contributed by atoms with Crippen LogP contribution in [0.2, 0.25) is 0 Å². The fourth-order valence-electron chi connectivity index (χ4n) is 3.28. The number of hydrogen-bond donors (Lipinski definition) is 1. The molecule has 25 heavy (non-hydrogen) atoms. The van der Waals surface area contributed by atoms with Gasteiger partial charge in [0.05, 0.1) is 12.2 Å². The monoisotopic (exact) mass is 365 g/mol. The van der Waals surface area contributed by atoms with E-state index in [9.17, 15) is 12.8 Å². The van der Waals surface area contributed by atoms with Crippen molar-refractivity contribution >= 4 is 10.0 Å². The molecule has 4 rings (SSSR count). The topological polar surface area (TPSA) is 73.2 Å². The Bertz CT molecular complexity index is 844. The van der Waals surface area contributed by atoms with Gasteiger partial charge in [-0.05, 0) is 37.0 Å². The lowest BCUT2D eigenvalue weighted by molar-refractivity contribution is 0.0662. The maximum atomic E-state index is 13.0. The first kappa shape index (κ1) is 16.7. The van der Waals surface area contributed by atoms with Gasteiger partial charge in [-0.25, -0.2) is 17.5 Å². The van der Waals surface area contributed by atoms with Crippen LogP contribution in [0.4, 0.5) is 4.39 Å². The first-order valence-electron chi connectivity index (χ1n) is 8.42. The molecule has 2 aromatic rings. The van der Waals surface area contributed by atoms with Crippen LogP contribution in [-0.2, 0) is 14.8 Å². The van der Waals surface area contributed by atoms with E-state index in [0.717, 1.165) is 24.8 Å². The normalized spacial score (nSPS) is 24.4. The lowest BCUT2D eigenvalue weighted by atomic mass is 10.1. The number of halogens is 1. The molecule has 6 nitrogen and oxygen atoms in total. The standard InChI is InChI=1S/C17H20FN3O3S/c18-13-3-1-12(2-4-13)16-9-17(16)20-25(22,23)15-10-19-21(11-15)14-5-7-24-8-6-14/h1-4,10-11,14,16-17,20H,5-9H2/t16-,17+/m0/s1. The molecule has 1 aromatic heterocycles. The Hall–Kier alpha value is -1.77. The molecule has 1 saturated heterocycles. The van der Waals surface area contributed by atoms with E-state index in [4.69, 9.17) is 4.74 Å². The van der Waals surface area contributed by atoms with Crippen molar-refractivity contribution in [2.24, 2.45) is 0 Å². The van der Waals surface area contributed by atoms with E-state index >= 15 is 0 Å². The molecular weight excluding hydrogens is 345 g/mol. The van der Waals surface area contributed by atoms with Crippen LogP contribution < -0.4 is 4.72 Å². The molecule has 134 valence electrons. The maximum Gasteiger partial charge on any atom is 0.243 e. The van der Waals surface area contributed by atoms with Crippen LogP contribution in [0, 0.1) is 5.82 Å². The van der Waals surface area contributed by atoms with Crippen LogP contribution >= 0.6 is 0 Å². The van der Waals surface area contributed by atoms with Crippen molar-refractivity contribution in [3.8, 4) is 0 Å². The molecule has 0 bridgehead atoms. The van der Waals surface area contributed by atoms with Crippen molar-refractivity contribution in [3.63, 3.8) is 0 Å². The van der Waals surface area contributed by atoms with Crippen molar-refractivity contribution in [2.75, 3.05) is 13.2 Å². The third kappa shape index (κ3) is 3.61. The third-order valence-electron chi connectivity index (χ3n) is 4.85. The average Bonchev–Trinajstić information content (AvgIpc) is 3.17. The Morgan fingerprint density at radius 2 is 1.92 bits per heavy atom. The number of nitrogens with one attached hydrogen (secondary N) is 1. The number of benzene rings is 1. The van der Waals surface area contributed by atoms with E-state index in [1.54, 1.807) is 23.0 Å². The molecule has 2 heterocycles. The van der Waals surface area contributed by atoms with Gasteiger partial charge in [-0.3, -0.25) is 4.68 Å². The van der Waals surface area contributed by atoms with Crippen molar-refractivity contribution < 1.29 is 17.5 Å². The quantitative estimate of drug-likeness (QED) is 0.882. The van der Waals surface area contributed by atoms with E-state index in [0.29, 0.717) is 13.2 Å². The van der Waals surface area contributed by atoms with Gasteiger partial charge in [0, 0.05) is 31.4 Å². The van der Waals surface area contributed by atoms with Gasteiger partial charge in [-0.1, -0.05) is 12.1 Å². The summed E-state index contributed by atoms with van der Waals surface area (Å²) in [6, 6.07) is 6.25. The minimum Gasteiger partial charge on any atom is -0.381 e. The van der Waals surface area contributed by atoms with E-state index < -0.39 is 10.0 Å². The van der Waals surface area contributed by atoms with Gasteiger partial charge < -0.3 is 4.74 Å². The van der Waals surface area contributed by atoms with E-state index in [1.807, 2.05) is 0 Å². The second-order valence-corrected chi connectivity index (χ2v) is 8.34. The van der Waals surface area contributed by atoms with Crippen LogP contribution in [0.5, 0.6) is 0 Å². The fraction of sp³-hybridized carbons (Fsp3) is 0.471. The number of sulfonamides is 1. The zero-order chi connectivity index (χ0) is 17.4. The Morgan fingerprint density at radius 1 is 1.20 bits per heavy atom. The van der Waals surface area contributed by atoms with Gasteiger partial charge in [0.2, 0.25) is 10.0 Å². The van der Waals surface area contributed by atoms with E-state index in [2.05, 4.69) is 9.82 Å². The Labute approximate surface area is 146 Å². The molecule has 0 unspecified atom stereocenters. The van der Waals surface area contributed by atoms with E-state index in [1.165, 1.54) is 18.3 Å². The number of aromatic nitrogens is 2. The second-order valence-electron chi connectivity index (χ2n) is 6.62. The number of rotatable bonds is 5. The largest absolute Gasteiger partial charge is 0.381 e. The lowest BCUT2D eigenvalue weighted by Crippen LogP contribution is -2.26. The highest BCUT2D eigenvalue weighted by atomic mass is 32.2. The summed E-state index contributed by atoms with van der Waals surface area (Å²) in [7, 11) is -3.60. The number of ether oxygens (including phenoxy) is 1. The molecule has 0 radical (unpaired) electrons. The zero-order valence-electron chi connectivity index (χ0n) is 13.6. The first-order valence-corrected chi connectivity index (χ1v) is 9.91. The number of hydrogen-bond acceptors (Lipinski definition) is 4. The predicted molar refractivity (Wildman–Crippen MR) is 89.2 cm³/mol. The molecule has 1 aromatic carbocycles. The highest BCUT2D eigenvalue weighted by Gasteiger charge is 2.41. The van der Waals surface area contributed by atoms with Crippen molar-refractivity contribution in [1.82, 2.24) is 14.5 Å². The van der Waals surface area contributed by atoms with Gasteiger partial charge >= 0.3 is 0 Å². The van der Waals surface area contributed by atoms with Crippen LogP contribution in [0.25, 0.3) is 0 Å². The molecule has 1 aliphatic heterocycles. The summed E-state index contributed by atoms with van der Waals surface area (Å²) < 4.78 is 47.9. The summed E-state index contributed by atoms with van der Waals surface area (Å²) in [5.74, 6) is -0.192. The molecule has 8 heteroatoms. The molecule has 2 aliphatic rings. The predicted octanol–water partition coefficient (Wildman–Crippen LogP) is 2.21. The second kappa shape index (κ2) is 6.51. The zero-order valence-corrected chi connectivity index (χ0v) is 14.5. The summed E-state index contributed by atoms with van der Waals surface area (Å²) in [5.41, 5.74) is 0.951. The summed E-state index contributed by atoms with van der Waals surface area (Å²) >= 11 is 0. The van der Waals surface area contributed by atoms with Gasteiger partial charge in [-0.2, -0.15) is 5.10 Å². The average molecular weight is 365 g/mol. The molecule has 1 aliphatic carbocycles.